The van der Waals surface area contributed by atoms with Crippen LogP contribution in [0.2, 0.25) is 0 Å². The lowest BCUT2D eigenvalue weighted by Crippen LogP contribution is -2.26. The van der Waals surface area contributed by atoms with Gasteiger partial charge in [0, 0.05) is 18.6 Å². The van der Waals surface area contributed by atoms with E-state index in [4.69, 9.17) is 4.74 Å². The first-order chi connectivity index (χ1) is 7.72. The second-order valence-electron chi connectivity index (χ2n) is 4.75. The monoisotopic (exact) mass is 219 g/mol. The lowest BCUT2D eigenvalue weighted by atomic mass is 9.89. The minimum absolute atomic E-state index is 0.433. The van der Waals surface area contributed by atoms with Crippen LogP contribution in [0, 0.1) is 19.8 Å². The SMILES string of the molecule is CNC(c1ccc(C)cc1C)C1CCOC1. The van der Waals surface area contributed by atoms with Crippen LogP contribution in [0.4, 0.5) is 0 Å². The largest absolute Gasteiger partial charge is 0.381 e. The lowest BCUT2D eigenvalue weighted by molar-refractivity contribution is 0.177. The minimum Gasteiger partial charge on any atom is -0.381 e. The molecule has 2 atom stereocenters. The smallest absolute Gasteiger partial charge is 0.0513 e. The van der Waals surface area contributed by atoms with Gasteiger partial charge in [0.2, 0.25) is 0 Å². The fourth-order valence-electron chi connectivity index (χ4n) is 2.64. The molecule has 1 aromatic carbocycles. The third-order valence-electron chi connectivity index (χ3n) is 3.51. The quantitative estimate of drug-likeness (QED) is 0.843. The fraction of sp³-hybridized carbons (Fsp3) is 0.571. The van der Waals surface area contributed by atoms with Gasteiger partial charge in [-0.2, -0.15) is 0 Å². The Morgan fingerprint density at radius 2 is 2.19 bits per heavy atom. The van der Waals surface area contributed by atoms with Gasteiger partial charge in [0.1, 0.15) is 0 Å². The zero-order valence-corrected chi connectivity index (χ0v) is 10.4. The van der Waals surface area contributed by atoms with Crippen LogP contribution in [-0.4, -0.2) is 20.3 Å². The molecule has 0 saturated carbocycles. The van der Waals surface area contributed by atoms with Crippen molar-refractivity contribution in [1.29, 1.82) is 0 Å². The molecule has 2 nitrogen and oxygen atoms in total. The average molecular weight is 219 g/mol. The van der Waals surface area contributed by atoms with E-state index in [9.17, 15) is 0 Å². The summed E-state index contributed by atoms with van der Waals surface area (Å²) in [5.41, 5.74) is 4.13. The Morgan fingerprint density at radius 3 is 2.75 bits per heavy atom. The molecular formula is C14H21NO. The lowest BCUT2D eigenvalue weighted by Gasteiger charge is -2.24. The summed E-state index contributed by atoms with van der Waals surface area (Å²) in [6.07, 6.45) is 1.17. The molecule has 0 aromatic heterocycles. The zero-order chi connectivity index (χ0) is 11.5. The number of hydrogen-bond donors (Lipinski definition) is 1. The van der Waals surface area contributed by atoms with E-state index in [0.29, 0.717) is 12.0 Å². The van der Waals surface area contributed by atoms with Crippen molar-refractivity contribution in [3.63, 3.8) is 0 Å². The molecule has 88 valence electrons. The van der Waals surface area contributed by atoms with Crippen LogP contribution >= 0.6 is 0 Å². The summed E-state index contributed by atoms with van der Waals surface area (Å²) in [7, 11) is 2.04. The molecule has 0 aliphatic carbocycles. The Hall–Kier alpha value is -0.860. The van der Waals surface area contributed by atoms with E-state index in [1.54, 1.807) is 0 Å². The Kier molecular flexibility index (Phi) is 3.62. The molecule has 1 heterocycles. The topological polar surface area (TPSA) is 21.3 Å². The molecule has 16 heavy (non-hydrogen) atoms. The summed E-state index contributed by atoms with van der Waals surface area (Å²) < 4.78 is 5.48. The maximum absolute atomic E-state index is 5.48. The van der Waals surface area contributed by atoms with Gasteiger partial charge >= 0.3 is 0 Å². The first-order valence-corrected chi connectivity index (χ1v) is 6.04. The van der Waals surface area contributed by atoms with Gasteiger partial charge in [-0.15, -0.1) is 0 Å². The normalized spacial score (nSPS) is 22.3. The molecule has 0 spiro atoms. The van der Waals surface area contributed by atoms with Crippen molar-refractivity contribution in [2.24, 2.45) is 5.92 Å². The average Bonchev–Trinajstić information content (AvgIpc) is 2.75. The van der Waals surface area contributed by atoms with Gasteiger partial charge in [0.15, 0.2) is 0 Å². The molecular weight excluding hydrogens is 198 g/mol. The number of ether oxygens (including phenoxy) is 1. The van der Waals surface area contributed by atoms with Crippen LogP contribution in [0.15, 0.2) is 18.2 Å². The van der Waals surface area contributed by atoms with Gasteiger partial charge < -0.3 is 10.1 Å². The van der Waals surface area contributed by atoms with Crippen molar-refractivity contribution < 1.29 is 4.74 Å². The molecule has 0 radical (unpaired) electrons. The van der Waals surface area contributed by atoms with Gasteiger partial charge in [-0.3, -0.25) is 0 Å². The van der Waals surface area contributed by atoms with Crippen molar-refractivity contribution in [2.75, 3.05) is 20.3 Å². The maximum Gasteiger partial charge on any atom is 0.0513 e. The van der Waals surface area contributed by atoms with Crippen LogP contribution in [0.5, 0.6) is 0 Å². The van der Waals surface area contributed by atoms with Crippen LogP contribution in [-0.2, 0) is 4.74 Å². The van der Waals surface area contributed by atoms with Crippen molar-refractivity contribution in [2.45, 2.75) is 26.3 Å². The third-order valence-corrected chi connectivity index (χ3v) is 3.51. The highest BCUT2D eigenvalue weighted by Gasteiger charge is 2.26. The highest BCUT2D eigenvalue weighted by Crippen LogP contribution is 2.30. The minimum atomic E-state index is 0.433. The molecule has 0 amide bonds. The van der Waals surface area contributed by atoms with Crippen molar-refractivity contribution in [3.05, 3.63) is 34.9 Å². The van der Waals surface area contributed by atoms with E-state index in [2.05, 4.69) is 37.4 Å². The molecule has 1 saturated heterocycles. The summed E-state index contributed by atoms with van der Waals surface area (Å²) in [4.78, 5) is 0. The zero-order valence-electron chi connectivity index (χ0n) is 10.4. The fourth-order valence-corrected chi connectivity index (χ4v) is 2.64. The van der Waals surface area contributed by atoms with E-state index in [0.717, 1.165) is 13.2 Å². The van der Waals surface area contributed by atoms with Crippen LogP contribution in [0.1, 0.15) is 29.2 Å². The maximum atomic E-state index is 5.48. The predicted molar refractivity (Wildman–Crippen MR) is 66.6 cm³/mol. The molecule has 0 bridgehead atoms. The second kappa shape index (κ2) is 4.98. The molecule has 1 aliphatic heterocycles. The number of hydrogen-bond acceptors (Lipinski definition) is 2. The van der Waals surface area contributed by atoms with Crippen LogP contribution < -0.4 is 5.32 Å². The highest BCUT2D eigenvalue weighted by atomic mass is 16.5. The number of nitrogens with one attached hydrogen (secondary N) is 1. The van der Waals surface area contributed by atoms with Gasteiger partial charge in [-0.05, 0) is 38.4 Å². The standard InChI is InChI=1S/C14H21NO/c1-10-4-5-13(11(2)8-10)14(15-3)12-6-7-16-9-12/h4-5,8,12,14-15H,6-7,9H2,1-3H3. The van der Waals surface area contributed by atoms with Crippen molar-refractivity contribution in [1.82, 2.24) is 5.32 Å². The first kappa shape index (κ1) is 11.6. The van der Waals surface area contributed by atoms with E-state index in [1.165, 1.54) is 23.1 Å². The molecule has 1 fully saturated rings. The van der Waals surface area contributed by atoms with Crippen molar-refractivity contribution in [3.8, 4) is 0 Å². The summed E-state index contributed by atoms with van der Waals surface area (Å²) in [5.74, 6) is 0.617. The van der Waals surface area contributed by atoms with Gasteiger partial charge in [0.25, 0.3) is 0 Å². The highest BCUT2D eigenvalue weighted by molar-refractivity contribution is 5.33. The molecule has 1 aromatic rings. The Morgan fingerprint density at radius 1 is 1.38 bits per heavy atom. The third kappa shape index (κ3) is 2.28. The van der Waals surface area contributed by atoms with Gasteiger partial charge in [0.05, 0.1) is 6.61 Å². The van der Waals surface area contributed by atoms with E-state index in [-0.39, 0.29) is 0 Å². The summed E-state index contributed by atoms with van der Waals surface area (Å²) >= 11 is 0. The molecule has 1 aliphatic rings. The summed E-state index contributed by atoms with van der Waals surface area (Å²) in [6.45, 7) is 6.14. The van der Waals surface area contributed by atoms with Crippen LogP contribution in [0.25, 0.3) is 0 Å². The Bertz CT molecular complexity index is 356. The van der Waals surface area contributed by atoms with E-state index in [1.807, 2.05) is 7.05 Å². The van der Waals surface area contributed by atoms with E-state index < -0.39 is 0 Å². The molecule has 1 N–H and O–H groups in total. The van der Waals surface area contributed by atoms with Crippen LogP contribution in [0.3, 0.4) is 0 Å². The van der Waals surface area contributed by atoms with Crippen molar-refractivity contribution >= 4 is 0 Å². The second-order valence-corrected chi connectivity index (χ2v) is 4.75. The van der Waals surface area contributed by atoms with E-state index >= 15 is 0 Å². The Balaban J connectivity index is 2.25. The van der Waals surface area contributed by atoms with Gasteiger partial charge in [-0.1, -0.05) is 23.8 Å². The summed E-state index contributed by atoms with van der Waals surface area (Å²) in [6, 6.07) is 7.14. The Labute approximate surface area is 98.0 Å². The molecule has 2 heteroatoms. The summed E-state index contributed by atoms with van der Waals surface area (Å²) in [5, 5.41) is 3.44. The predicted octanol–water partition coefficient (Wildman–Crippen LogP) is 2.60. The molecule has 2 rings (SSSR count). The number of rotatable bonds is 3. The number of benzene rings is 1. The number of aryl methyl sites for hydroxylation is 2. The molecule has 2 unspecified atom stereocenters. The van der Waals surface area contributed by atoms with Gasteiger partial charge in [-0.25, -0.2) is 0 Å². The first-order valence-electron chi connectivity index (χ1n) is 6.04.